The number of aliphatic hydroxyl groups excluding tert-OH is 2. The van der Waals surface area contributed by atoms with Crippen molar-refractivity contribution in [3.8, 4) is 0 Å². The van der Waals surface area contributed by atoms with Gasteiger partial charge in [0.1, 0.15) is 0 Å². The zero-order valence-electron chi connectivity index (χ0n) is 55.8. The van der Waals surface area contributed by atoms with Crippen LogP contribution in [0.5, 0.6) is 0 Å². The van der Waals surface area contributed by atoms with Crippen LogP contribution in [0.3, 0.4) is 0 Å². The summed E-state index contributed by atoms with van der Waals surface area (Å²) in [6.45, 7) is 4.97. The largest absolute Gasteiger partial charge is 0.466 e. The van der Waals surface area contributed by atoms with Crippen molar-refractivity contribution in [1.29, 1.82) is 0 Å². The third kappa shape index (κ3) is 67.5. The number of rotatable bonds is 71. The molecule has 0 fully saturated rings. The van der Waals surface area contributed by atoms with E-state index in [2.05, 4.69) is 43.5 Å². The summed E-state index contributed by atoms with van der Waals surface area (Å²) in [6, 6.07) is -0.541. The Balaban J connectivity index is 3.35. The quantitative estimate of drug-likeness (QED) is 0.0320. The lowest BCUT2D eigenvalue weighted by Gasteiger charge is -2.22. The van der Waals surface area contributed by atoms with Gasteiger partial charge in [-0.1, -0.05) is 378 Å². The topological polar surface area (TPSA) is 95.9 Å². The van der Waals surface area contributed by atoms with Crippen molar-refractivity contribution in [2.45, 2.75) is 437 Å². The standard InChI is InChI=1S/C76H147NO5/c1-3-5-7-9-11-13-15-17-19-20-21-22-28-31-34-37-41-44-48-52-56-60-64-68-74(79)73(72-78)77-75(80)69-65-61-57-53-49-45-42-38-35-32-29-26-24-23-25-27-30-33-36-39-43-47-51-55-59-63-67-71-82-76(81)70-66-62-58-54-50-46-40-18-16-14-12-10-8-6-4-2/h12,14,18,40,73-74,78-79H,3-11,13,15-17,19-39,41-72H2,1-2H3,(H,77,80)/b14-12-,40-18-. The van der Waals surface area contributed by atoms with Gasteiger partial charge in [-0.2, -0.15) is 0 Å². The molecule has 0 aromatic carbocycles. The van der Waals surface area contributed by atoms with Crippen LogP contribution in [0.2, 0.25) is 0 Å². The smallest absolute Gasteiger partial charge is 0.305 e. The highest BCUT2D eigenvalue weighted by atomic mass is 16.5. The van der Waals surface area contributed by atoms with Crippen LogP contribution in [0.4, 0.5) is 0 Å². The van der Waals surface area contributed by atoms with E-state index in [-0.39, 0.29) is 18.5 Å². The van der Waals surface area contributed by atoms with Crippen LogP contribution < -0.4 is 5.32 Å². The molecule has 1 amide bonds. The van der Waals surface area contributed by atoms with Crippen molar-refractivity contribution >= 4 is 11.9 Å². The van der Waals surface area contributed by atoms with E-state index < -0.39 is 12.1 Å². The van der Waals surface area contributed by atoms with E-state index in [9.17, 15) is 19.8 Å². The van der Waals surface area contributed by atoms with E-state index in [1.807, 2.05) is 0 Å². The van der Waals surface area contributed by atoms with Gasteiger partial charge in [-0.05, 0) is 57.8 Å². The Kier molecular flexibility index (Phi) is 70.4. The molecule has 0 aliphatic heterocycles. The molecule has 0 radical (unpaired) electrons. The fourth-order valence-corrected chi connectivity index (χ4v) is 12.0. The van der Waals surface area contributed by atoms with Gasteiger partial charge in [0, 0.05) is 12.8 Å². The summed E-state index contributed by atoms with van der Waals surface area (Å²) < 4.78 is 5.49. The van der Waals surface area contributed by atoms with E-state index in [1.165, 1.54) is 340 Å². The number of allylic oxidation sites excluding steroid dienone is 4. The molecule has 0 spiro atoms. The molecule has 6 heteroatoms. The summed E-state index contributed by atoms with van der Waals surface area (Å²) in [5, 5.41) is 23.5. The fraction of sp³-hybridized carbons (Fsp3) is 0.921. The van der Waals surface area contributed by atoms with Gasteiger partial charge in [-0.15, -0.1) is 0 Å². The predicted molar refractivity (Wildman–Crippen MR) is 361 cm³/mol. The Labute approximate surface area is 513 Å². The van der Waals surface area contributed by atoms with E-state index in [1.54, 1.807) is 0 Å². The Morgan fingerprint density at radius 1 is 0.341 bits per heavy atom. The van der Waals surface area contributed by atoms with Gasteiger partial charge in [0.25, 0.3) is 0 Å². The second-order valence-electron chi connectivity index (χ2n) is 26.0. The zero-order chi connectivity index (χ0) is 59.2. The summed E-state index contributed by atoms with van der Waals surface area (Å²) in [4.78, 5) is 24.6. The Bertz CT molecular complexity index is 1280. The van der Waals surface area contributed by atoms with Crippen molar-refractivity contribution in [3.63, 3.8) is 0 Å². The summed E-state index contributed by atoms with van der Waals surface area (Å²) in [7, 11) is 0. The molecule has 0 aliphatic rings. The van der Waals surface area contributed by atoms with Crippen LogP contribution in [-0.4, -0.2) is 47.4 Å². The summed E-state index contributed by atoms with van der Waals surface area (Å²) in [5.74, 6) is -0.0221. The maximum atomic E-state index is 12.6. The Hall–Kier alpha value is -1.66. The van der Waals surface area contributed by atoms with E-state index in [0.717, 1.165) is 51.4 Å². The lowest BCUT2D eigenvalue weighted by molar-refractivity contribution is -0.143. The van der Waals surface area contributed by atoms with Crippen molar-refractivity contribution in [3.05, 3.63) is 24.3 Å². The number of nitrogens with one attached hydrogen (secondary N) is 1. The number of carbonyl (C=O) groups excluding carboxylic acids is 2. The first-order valence-electron chi connectivity index (χ1n) is 37.6. The van der Waals surface area contributed by atoms with Crippen LogP contribution in [0.1, 0.15) is 425 Å². The highest BCUT2D eigenvalue weighted by molar-refractivity contribution is 5.76. The van der Waals surface area contributed by atoms with Gasteiger partial charge in [0.15, 0.2) is 0 Å². The first-order chi connectivity index (χ1) is 40.5. The zero-order valence-corrected chi connectivity index (χ0v) is 55.8. The Morgan fingerprint density at radius 2 is 0.610 bits per heavy atom. The van der Waals surface area contributed by atoms with Gasteiger partial charge in [0.05, 0.1) is 25.4 Å². The number of hydrogen-bond acceptors (Lipinski definition) is 5. The van der Waals surface area contributed by atoms with Gasteiger partial charge >= 0.3 is 5.97 Å². The molecule has 0 heterocycles. The number of hydrogen-bond donors (Lipinski definition) is 3. The van der Waals surface area contributed by atoms with Crippen molar-refractivity contribution in [1.82, 2.24) is 5.32 Å². The minimum atomic E-state index is -0.664. The predicted octanol–water partition coefficient (Wildman–Crippen LogP) is 24.5. The number of esters is 1. The SMILES string of the molecule is CCCCC/C=C\C/C=C\CCCCCCCC(=O)OCCCCCCCCCCCCCCCCCCCCCCCCCCCCCC(=O)NC(CO)C(O)CCCCCCCCCCCCCCCCCCCCCCCCC. The molecule has 82 heavy (non-hydrogen) atoms. The Morgan fingerprint density at radius 3 is 0.951 bits per heavy atom. The van der Waals surface area contributed by atoms with Crippen molar-refractivity contribution in [2.75, 3.05) is 13.2 Å². The normalized spacial score (nSPS) is 12.6. The molecule has 0 aromatic rings. The first kappa shape index (κ1) is 80.3. The molecular weight excluding hydrogens is 1010 g/mol. The number of carbonyl (C=O) groups is 2. The van der Waals surface area contributed by atoms with Crippen LogP contribution in [-0.2, 0) is 14.3 Å². The minimum Gasteiger partial charge on any atom is -0.466 e. The summed E-state index contributed by atoms with van der Waals surface area (Å²) in [5.41, 5.74) is 0. The summed E-state index contributed by atoms with van der Waals surface area (Å²) in [6.07, 6.45) is 91.0. The third-order valence-electron chi connectivity index (χ3n) is 17.8. The van der Waals surface area contributed by atoms with Gasteiger partial charge in [0.2, 0.25) is 5.91 Å². The molecule has 2 unspecified atom stereocenters. The minimum absolute atomic E-state index is 0.00501. The lowest BCUT2D eigenvalue weighted by atomic mass is 10.0. The van der Waals surface area contributed by atoms with Crippen LogP contribution in [0, 0.1) is 0 Å². The molecule has 0 saturated heterocycles. The van der Waals surface area contributed by atoms with Gasteiger partial charge in [-0.25, -0.2) is 0 Å². The lowest BCUT2D eigenvalue weighted by Crippen LogP contribution is -2.45. The maximum Gasteiger partial charge on any atom is 0.305 e. The van der Waals surface area contributed by atoms with E-state index in [0.29, 0.717) is 25.9 Å². The monoisotopic (exact) mass is 1150 g/mol. The van der Waals surface area contributed by atoms with E-state index in [4.69, 9.17) is 4.74 Å². The van der Waals surface area contributed by atoms with Crippen LogP contribution >= 0.6 is 0 Å². The highest BCUT2D eigenvalue weighted by Crippen LogP contribution is 2.20. The second-order valence-corrected chi connectivity index (χ2v) is 26.0. The molecule has 0 aromatic heterocycles. The molecule has 6 nitrogen and oxygen atoms in total. The average molecular weight is 1160 g/mol. The number of ether oxygens (including phenoxy) is 1. The molecule has 3 N–H and O–H groups in total. The molecule has 0 saturated carbocycles. The molecule has 0 aliphatic carbocycles. The maximum absolute atomic E-state index is 12.6. The highest BCUT2D eigenvalue weighted by Gasteiger charge is 2.20. The summed E-state index contributed by atoms with van der Waals surface area (Å²) >= 11 is 0. The molecule has 0 rings (SSSR count). The van der Waals surface area contributed by atoms with Gasteiger partial charge < -0.3 is 20.3 Å². The third-order valence-corrected chi connectivity index (χ3v) is 17.8. The number of amides is 1. The van der Waals surface area contributed by atoms with Crippen molar-refractivity contribution in [2.24, 2.45) is 0 Å². The second kappa shape index (κ2) is 71.8. The number of unbranched alkanes of at least 4 members (excludes halogenated alkanes) is 56. The molecular formula is C76H147NO5. The van der Waals surface area contributed by atoms with Crippen LogP contribution in [0.15, 0.2) is 24.3 Å². The molecule has 486 valence electrons. The number of aliphatic hydroxyl groups is 2. The average Bonchev–Trinajstić information content (AvgIpc) is 3.48. The van der Waals surface area contributed by atoms with Gasteiger partial charge in [-0.3, -0.25) is 9.59 Å². The molecule has 0 bridgehead atoms. The first-order valence-corrected chi connectivity index (χ1v) is 37.6. The van der Waals surface area contributed by atoms with Crippen LogP contribution in [0.25, 0.3) is 0 Å². The molecule has 2 atom stereocenters. The van der Waals surface area contributed by atoms with E-state index >= 15 is 0 Å². The fourth-order valence-electron chi connectivity index (χ4n) is 12.0. The van der Waals surface area contributed by atoms with Crippen molar-refractivity contribution < 1.29 is 24.5 Å².